The molecule has 1 fully saturated rings. The summed E-state index contributed by atoms with van der Waals surface area (Å²) >= 11 is 7.49. The van der Waals surface area contributed by atoms with Gasteiger partial charge >= 0.3 is 0 Å². The Kier molecular flexibility index (Phi) is 9.03. The average molecular weight is 480 g/mol. The van der Waals surface area contributed by atoms with Gasteiger partial charge in [-0.3, -0.25) is 14.2 Å². The van der Waals surface area contributed by atoms with Gasteiger partial charge in [0.05, 0.1) is 22.3 Å². The Labute approximate surface area is 199 Å². The molecule has 1 saturated carbocycles. The molecule has 0 saturated heterocycles. The Balaban J connectivity index is 1.84. The topological polar surface area (TPSA) is 64.4 Å². The molecule has 2 aromatic rings. The zero-order chi connectivity index (χ0) is 23.3. The van der Waals surface area contributed by atoms with Crippen LogP contribution in [0.25, 0.3) is 10.9 Å². The number of carbonyl (C=O) groups is 1. The van der Waals surface area contributed by atoms with Crippen LogP contribution in [0.2, 0.25) is 5.02 Å². The maximum atomic E-state index is 13.3. The van der Waals surface area contributed by atoms with Gasteiger partial charge in [0, 0.05) is 31.3 Å². The lowest BCUT2D eigenvalue weighted by molar-refractivity contribution is -0.131. The van der Waals surface area contributed by atoms with Gasteiger partial charge in [-0.15, -0.1) is 0 Å². The van der Waals surface area contributed by atoms with E-state index in [1.54, 1.807) is 22.8 Å². The lowest BCUT2D eigenvalue weighted by Gasteiger charge is -2.32. The predicted octanol–water partition coefficient (Wildman–Crippen LogP) is 5.14. The quantitative estimate of drug-likeness (QED) is 0.283. The predicted molar refractivity (Wildman–Crippen MR) is 132 cm³/mol. The van der Waals surface area contributed by atoms with Gasteiger partial charge in [0.25, 0.3) is 5.56 Å². The lowest BCUT2D eigenvalue weighted by Crippen LogP contribution is -2.42. The molecular weight excluding hydrogens is 446 g/mol. The van der Waals surface area contributed by atoms with Crippen molar-refractivity contribution in [3.63, 3.8) is 0 Å². The number of nitrogens with zero attached hydrogens (tertiary/aromatic N) is 3. The molecule has 176 valence electrons. The number of thioether (sulfide) groups is 1. The first-order valence-corrected chi connectivity index (χ1v) is 12.8. The number of halogens is 1. The summed E-state index contributed by atoms with van der Waals surface area (Å²) < 4.78 is 7.32. The van der Waals surface area contributed by atoms with Gasteiger partial charge in [-0.1, -0.05) is 42.6 Å². The van der Waals surface area contributed by atoms with E-state index in [2.05, 4.69) is 0 Å². The van der Waals surface area contributed by atoms with Crippen molar-refractivity contribution in [1.82, 2.24) is 14.5 Å². The molecule has 0 radical (unpaired) electrons. The molecule has 3 rings (SSSR count). The third kappa shape index (κ3) is 6.27. The number of hydrogen-bond acceptors (Lipinski definition) is 5. The second-order valence-electron chi connectivity index (χ2n) is 8.79. The van der Waals surface area contributed by atoms with E-state index in [9.17, 15) is 9.59 Å². The number of aromatic nitrogens is 2. The first-order valence-electron chi connectivity index (χ1n) is 11.5. The molecule has 6 nitrogen and oxygen atoms in total. The number of benzene rings is 1. The molecule has 1 aliphatic rings. The highest BCUT2D eigenvalue weighted by molar-refractivity contribution is 8.00. The van der Waals surface area contributed by atoms with Crippen LogP contribution in [-0.4, -0.2) is 51.4 Å². The zero-order valence-corrected chi connectivity index (χ0v) is 21.0. The SMILES string of the molecule is CC(C)OCCCn1c(S[C@@H](C)C(=O)N(C)C2CCCCC2)nc2cc(Cl)ccc2c1=O. The van der Waals surface area contributed by atoms with E-state index in [0.29, 0.717) is 46.7 Å². The molecule has 1 amide bonds. The maximum Gasteiger partial charge on any atom is 0.262 e. The molecule has 0 N–H and O–H groups in total. The van der Waals surface area contributed by atoms with Crippen molar-refractivity contribution in [3.05, 3.63) is 33.6 Å². The second-order valence-corrected chi connectivity index (χ2v) is 10.5. The largest absolute Gasteiger partial charge is 0.379 e. The summed E-state index contributed by atoms with van der Waals surface area (Å²) in [5.41, 5.74) is 0.443. The van der Waals surface area contributed by atoms with Crippen LogP contribution in [0.4, 0.5) is 0 Å². The van der Waals surface area contributed by atoms with Gasteiger partial charge in [0.2, 0.25) is 5.91 Å². The molecule has 1 aromatic carbocycles. The third-order valence-corrected chi connectivity index (χ3v) is 7.27. The standard InChI is InChI=1S/C24H34ClN3O3S/c1-16(2)31-14-8-13-28-23(30)20-12-11-18(25)15-21(20)26-24(28)32-17(3)22(29)27(4)19-9-6-5-7-10-19/h11-12,15-17,19H,5-10,13-14H2,1-4H3/t17-/m0/s1. The Hall–Kier alpha value is -1.57. The smallest absolute Gasteiger partial charge is 0.262 e. The molecule has 1 aromatic heterocycles. The molecule has 1 heterocycles. The molecule has 32 heavy (non-hydrogen) atoms. The summed E-state index contributed by atoms with van der Waals surface area (Å²) in [7, 11) is 1.90. The zero-order valence-electron chi connectivity index (χ0n) is 19.5. The fraction of sp³-hybridized carbons (Fsp3) is 0.625. The van der Waals surface area contributed by atoms with Crippen LogP contribution in [0, 0.1) is 0 Å². The van der Waals surface area contributed by atoms with Crippen molar-refractivity contribution < 1.29 is 9.53 Å². The van der Waals surface area contributed by atoms with Crippen molar-refractivity contribution in [2.24, 2.45) is 0 Å². The fourth-order valence-corrected chi connectivity index (χ4v) is 5.35. The first-order chi connectivity index (χ1) is 15.3. The van der Waals surface area contributed by atoms with Crippen LogP contribution in [0.1, 0.15) is 59.3 Å². The monoisotopic (exact) mass is 479 g/mol. The van der Waals surface area contributed by atoms with E-state index in [1.807, 2.05) is 32.7 Å². The number of amides is 1. The molecule has 1 aliphatic carbocycles. The van der Waals surface area contributed by atoms with Crippen LogP contribution < -0.4 is 5.56 Å². The first kappa shape index (κ1) is 25.1. The van der Waals surface area contributed by atoms with E-state index in [-0.39, 0.29) is 22.8 Å². The summed E-state index contributed by atoms with van der Waals surface area (Å²) in [6.07, 6.45) is 6.56. The van der Waals surface area contributed by atoms with Gasteiger partial charge in [-0.05, 0) is 58.2 Å². The van der Waals surface area contributed by atoms with Crippen molar-refractivity contribution in [1.29, 1.82) is 0 Å². The molecular formula is C24H34ClN3O3S. The van der Waals surface area contributed by atoms with Crippen LogP contribution in [0.5, 0.6) is 0 Å². The van der Waals surface area contributed by atoms with E-state index < -0.39 is 0 Å². The Morgan fingerprint density at radius 1 is 1.28 bits per heavy atom. The van der Waals surface area contributed by atoms with Crippen LogP contribution in [0.15, 0.2) is 28.2 Å². The number of fused-ring (bicyclic) bond motifs is 1. The number of carbonyl (C=O) groups excluding carboxylic acids is 1. The Morgan fingerprint density at radius 2 is 2.00 bits per heavy atom. The van der Waals surface area contributed by atoms with Crippen molar-refractivity contribution in [3.8, 4) is 0 Å². The summed E-state index contributed by atoms with van der Waals surface area (Å²) in [4.78, 5) is 33.0. The average Bonchev–Trinajstić information content (AvgIpc) is 2.77. The minimum atomic E-state index is -0.344. The van der Waals surface area contributed by atoms with E-state index in [1.165, 1.54) is 31.0 Å². The second kappa shape index (κ2) is 11.5. The summed E-state index contributed by atoms with van der Waals surface area (Å²) in [6, 6.07) is 5.43. The molecule has 0 bridgehead atoms. The highest BCUT2D eigenvalue weighted by Crippen LogP contribution is 2.28. The van der Waals surface area contributed by atoms with E-state index >= 15 is 0 Å². The van der Waals surface area contributed by atoms with Crippen LogP contribution >= 0.6 is 23.4 Å². The minimum absolute atomic E-state index is 0.0806. The number of ether oxygens (including phenoxy) is 1. The van der Waals surface area contributed by atoms with E-state index in [4.69, 9.17) is 21.3 Å². The van der Waals surface area contributed by atoms with Crippen LogP contribution in [0.3, 0.4) is 0 Å². The number of rotatable bonds is 9. The van der Waals surface area contributed by atoms with Gasteiger partial charge in [-0.25, -0.2) is 4.98 Å². The van der Waals surface area contributed by atoms with Gasteiger partial charge in [0.1, 0.15) is 0 Å². The highest BCUT2D eigenvalue weighted by Gasteiger charge is 2.27. The van der Waals surface area contributed by atoms with Gasteiger partial charge < -0.3 is 9.64 Å². The van der Waals surface area contributed by atoms with Crippen molar-refractivity contribution >= 4 is 40.2 Å². The molecule has 0 aliphatic heterocycles. The van der Waals surface area contributed by atoms with Gasteiger partial charge in [-0.2, -0.15) is 0 Å². The van der Waals surface area contributed by atoms with Crippen LogP contribution in [-0.2, 0) is 16.1 Å². The fourth-order valence-electron chi connectivity index (χ4n) is 4.15. The molecule has 0 unspecified atom stereocenters. The summed E-state index contributed by atoms with van der Waals surface area (Å²) in [6.45, 7) is 6.92. The maximum absolute atomic E-state index is 13.3. The lowest BCUT2D eigenvalue weighted by atomic mass is 9.94. The normalized spacial score (nSPS) is 15.9. The van der Waals surface area contributed by atoms with Crippen molar-refractivity contribution in [2.75, 3.05) is 13.7 Å². The molecule has 1 atom stereocenters. The highest BCUT2D eigenvalue weighted by atomic mass is 35.5. The number of hydrogen-bond donors (Lipinski definition) is 0. The Morgan fingerprint density at radius 3 is 2.69 bits per heavy atom. The van der Waals surface area contributed by atoms with Crippen molar-refractivity contribution in [2.45, 2.75) is 88.4 Å². The molecule has 8 heteroatoms. The summed E-state index contributed by atoms with van der Waals surface area (Å²) in [5, 5.41) is 1.27. The van der Waals surface area contributed by atoms with E-state index in [0.717, 1.165) is 12.8 Å². The minimum Gasteiger partial charge on any atom is -0.379 e. The Bertz CT molecular complexity index is 988. The van der Waals surface area contributed by atoms with Gasteiger partial charge in [0.15, 0.2) is 5.16 Å². The molecule has 0 spiro atoms. The summed E-state index contributed by atoms with van der Waals surface area (Å²) in [5.74, 6) is 0.0806. The third-order valence-electron chi connectivity index (χ3n) is 5.96.